The van der Waals surface area contributed by atoms with Gasteiger partial charge < -0.3 is 5.73 Å². The lowest BCUT2D eigenvalue weighted by molar-refractivity contribution is 0.0949. The molecule has 0 bridgehead atoms. The van der Waals surface area contributed by atoms with Crippen LogP contribution in [0.4, 0.5) is 0 Å². The molecule has 21 heavy (non-hydrogen) atoms. The van der Waals surface area contributed by atoms with Crippen molar-refractivity contribution in [2.45, 2.75) is 52.5 Å². The van der Waals surface area contributed by atoms with Gasteiger partial charge in [0.1, 0.15) is 5.82 Å². The maximum absolute atomic E-state index is 12.0. The van der Waals surface area contributed by atoms with Crippen LogP contribution in [-0.2, 0) is 0 Å². The highest BCUT2D eigenvalue weighted by molar-refractivity contribution is 5.29. The lowest BCUT2D eigenvalue weighted by atomic mass is 9.61. The Morgan fingerprint density at radius 1 is 1.38 bits per heavy atom. The smallest absolute Gasteiger partial charge is 0.274 e. The largest absolute Gasteiger partial charge is 0.327 e. The van der Waals surface area contributed by atoms with Crippen LogP contribution in [-0.4, -0.2) is 25.6 Å². The van der Waals surface area contributed by atoms with E-state index in [1.165, 1.54) is 10.6 Å². The Kier molecular flexibility index (Phi) is 3.16. The number of aryl methyl sites for hydroxylation is 1. The highest BCUT2D eigenvalue weighted by Gasteiger charge is 2.43. The third-order valence-electron chi connectivity index (χ3n) is 5.31. The number of hydrogen-bond donors (Lipinski definition) is 2. The molecule has 1 fully saturated rings. The van der Waals surface area contributed by atoms with E-state index in [0.29, 0.717) is 17.4 Å². The number of hydrogen-bond acceptors (Lipinski definition) is 4. The monoisotopic (exact) mass is 289 g/mol. The molecular weight excluding hydrogens is 266 g/mol. The van der Waals surface area contributed by atoms with Crippen LogP contribution in [0.5, 0.6) is 0 Å². The summed E-state index contributed by atoms with van der Waals surface area (Å²) in [6.07, 6.45) is 1.96. The van der Waals surface area contributed by atoms with Gasteiger partial charge in [-0.05, 0) is 31.1 Å². The second kappa shape index (κ2) is 4.66. The van der Waals surface area contributed by atoms with Crippen LogP contribution in [0.1, 0.15) is 51.0 Å². The minimum Gasteiger partial charge on any atom is -0.327 e. The lowest BCUT2D eigenvalue weighted by Gasteiger charge is -2.45. The molecule has 0 radical (unpaired) electrons. The Labute approximate surface area is 123 Å². The number of aromatic amines is 1. The Morgan fingerprint density at radius 2 is 2.10 bits per heavy atom. The molecule has 3 rings (SSSR count). The predicted molar refractivity (Wildman–Crippen MR) is 81.2 cm³/mol. The maximum Gasteiger partial charge on any atom is 0.274 e. The zero-order valence-corrected chi connectivity index (χ0v) is 13.1. The summed E-state index contributed by atoms with van der Waals surface area (Å²) in [6, 6.07) is 1.74. The summed E-state index contributed by atoms with van der Waals surface area (Å²) in [7, 11) is 0. The van der Waals surface area contributed by atoms with Crippen molar-refractivity contribution in [3.05, 3.63) is 27.9 Å². The van der Waals surface area contributed by atoms with Gasteiger partial charge >= 0.3 is 0 Å². The van der Waals surface area contributed by atoms with Gasteiger partial charge in [0.25, 0.3) is 11.3 Å². The third kappa shape index (κ3) is 2.18. The van der Waals surface area contributed by atoms with Gasteiger partial charge in [-0.15, -0.1) is 0 Å². The van der Waals surface area contributed by atoms with Crippen molar-refractivity contribution in [2.24, 2.45) is 17.1 Å². The van der Waals surface area contributed by atoms with E-state index < -0.39 is 0 Å². The molecule has 3 atom stereocenters. The molecule has 6 nitrogen and oxygen atoms in total. The average molecular weight is 289 g/mol. The number of rotatable bonds is 1. The van der Waals surface area contributed by atoms with Crippen molar-refractivity contribution in [3.8, 4) is 0 Å². The fourth-order valence-electron chi connectivity index (χ4n) is 3.50. The maximum atomic E-state index is 12.0. The number of aromatic nitrogens is 4. The Morgan fingerprint density at radius 3 is 2.81 bits per heavy atom. The molecule has 0 aliphatic heterocycles. The normalized spacial score (nSPS) is 28.9. The summed E-state index contributed by atoms with van der Waals surface area (Å²) < 4.78 is 1.43. The first-order valence-corrected chi connectivity index (χ1v) is 7.52. The number of fused-ring (bicyclic) bond motifs is 1. The SMILES string of the molecule is Cc1cc(=O)n2[nH]c(C3CCC(N)C(C)C3(C)C)nc2n1. The summed E-state index contributed by atoms with van der Waals surface area (Å²) in [6.45, 7) is 8.47. The highest BCUT2D eigenvalue weighted by atomic mass is 16.1. The molecule has 0 amide bonds. The van der Waals surface area contributed by atoms with E-state index in [1.807, 2.05) is 0 Å². The first-order chi connectivity index (χ1) is 9.80. The van der Waals surface area contributed by atoms with E-state index in [9.17, 15) is 4.79 Å². The van der Waals surface area contributed by atoms with E-state index in [2.05, 4.69) is 35.8 Å². The minimum absolute atomic E-state index is 0.0319. The van der Waals surface area contributed by atoms with E-state index in [4.69, 9.17) is 5.73 Å². The molecular formula is C15H23N5O. The summed E-state index contributed by atoms with van der Waals surface area (Å²) >= 11 is 0. The van der Waals surface area contributed by atoms with Crippen molar-refractivity contribution in [1.29, 1.82) is 0 Å². The van der Waals surface area contributed by atoms with Crippen LogP contribution >= 0.6 is 0 Å². The van der Waals surface area contributed by atoms with Crippen LogP contribution < -0.4 is 11.3 Å². The van der Waals surface area contributed by atoms with Crippen molar-refractivity contribution < 1.29 is 0 Å². The van der Waals surface area contributed by atoms with Crippen LogP contribution in [0.2, 0.25) is 0 Å². The standard InChI is InChI=1S/C15H23N5O/c1-8-7-12(21)20-14(17-8)18-13(19-20)10-5-6-11(16)9(2)15(10,3)4/h7,9-11H,5-6,16H2,1-4H3,(H,17,18,19). The zero-order valence-electron chi connectivity index (χ0n) is 13.1. The summed E-state index contributed by atoms with van der Waals surface area (Å²) in [4.78, 5) is 20.9. The van der Waals surface area contributed by atoms with E-state index in [1.54, 1.807) is 6.92 Å². The molecule has 114 valence electrons. The van der Waals surface area contributed by atoms with E-state index in [-0.39, 0.29) is 22.9 Å². The minimum atomic E-state index is -0.116. The fourth-order valence-corrected chi connectivity index (χ4v) is 3.50. The molecule has 2 heterocycles. The average Bonchev–Trinajstić information content (AvgIpc) is 2.79. The molecule has 3 unspecified atom stereocenters. The molecule has 0 spiro atoms. The van der Waals surface area contributed by atoms with Crippen LogP contribution in [0, 0.1) is 18.3 Å². The lowest BCUT2D eigenvalue weighted by Crippen LogP contribution is -2.46. The topological polar surface area (TPSA) is 89.1 Å². The van der Waals surface area contributed by atoms with Gasteiger partial charge in [-0.1, -0.05) is 20.8 Å². The summed E-state index contributed by atoms with van der Waals surface area (Å²) in [5.74, 6) is 1.95. The number of nitrogens with two attached hydrogens (primary N) is 1. The fraction of sp³-hybridized carbons (Fsp3) is 0.667. The van der Waals surface area contributed by atoms with Crippen molar-refractivity contribution in [3.63, 3.8) is 0 Å². The molecule has 6 heteroatoms. The molecule has 1 saturated carbocycles. The van der Waals surface area contributed by atoms with Crippen molar-refractivity contribution >= 4 is 5.78 Å². The molecule has 2 aromatic heterocycles. The number of nitrogens with one attached hydrogen (secondary N) is 1. The van der Waals surface area contributed by atoms with Gasteiger partial charge in [0, 0.05) is 23.7 Å². The summed E-state index contributed by atoms with van der Waals surface area (Å²) in [5, 5.41) is 3.14. The predicted octanol–water partition coefficient (Wildman–Crippen LogP) is 1.59. The van der Waals surface area contributed by atoms with Gasteiger partial charge in [0.2, 0.25) is 0 Å². The van der Waals surface area contributed by atoms with Crippen LogP contribution in [0.25, 0.3) is 5.78 Å². The highest BCUT2D eigenvalue weighted by Crippen LogP contribution is 2.48. The first kappa shape index (κ1) is 14.3. The van der Waals surface area contributed by atoms with Crippen LogP contribution in [0.3, 0.4) is 0 Å². The second-order valence-electron chi connectivity index (χ2n) is 6.88. The molecule has 1 aliphatic rings. The van der Waals surface area contributed by atoms with E-state index >= 15 is 0 Å². The van der Waals surface area contributed by atoms with Gasteiger partial charge in [-0.2, -0.15) is 9.50 Å². The first-order valence-electron chi connectivity index (χ1n) is 7.52. The zero-order chi connectivity index (χ0) is 15.4. The van der Waals surface area contributed by atoms with Gasteiger partial charge in [0.05, 0.1) is 0 Å². The van der Waals surface area contributed by atoms with E-state index in [0.717, 1.165) is 18.7 Å². The Bertz CT molecular complexity index is 729. The summed E-state index contributed by atoms with van der Waals surface area (Å²) in [5.41, 5.74) is 6.82. The number of H-pyrrole nitrogens is 1. The van der Waals surface area contributed by atoms with Gasteiger partial charge in [-0.25, -0.2) is 4.98 Å². The molecule has 0 saturated heterocycles. The van der Waals surface area contributed by atoms with Gasteiger partial charge in [0.15, 0.2) is 0 Å². The molecule has 2 aromatic rings. The Hall–Kier alpha value is -1.69. The van der Waals surface area contributed by atoms with Crippen molar-refractivity contribution in [2.75, 3.05) is 0 Å². The second-order valence-corrected chi connectivity index (χ2v) is 6.88. The quantitative estimate of drug-likeness (QED) is 0.834. The molecule has 1 aliphatic carbocycles. The van der Waals surface area contributed by atoms with Gasteiger partial charge in [-0.3, -0.25) is 9.89 Å². The molecule has 0 aromatic carbocycles. The van der Waals surface area contributed by atoms with Crippen LogP contribution in [0.15, 0.2) is 10.9 Å². The third-order valence-corrected chi connectivity index (χ3v) is 5.31. The molecule has 3 N–H and O–H groups in total. The Balaban J connectivity index is 2.08. The van der Waals surface area contributed by atoms with Crippen molar-refractivity contribution in [1.82, 2.24) is 19.6 Å². The number of nitrogens with zero attached hydrogens (tertiary/aromatic N) is 3.